The van der Waals surface area contributed by atoms with E-state index in [9.17, 15) is 17.6 Å². The van der Waals surface area contributed by atoms with Gasteiger partial charge in [0.05, 0.1) is 6.61 Å². The van der Waals surface area contributed by atoms with Crippen LogP contribution in [0.4, 0.5) is 17.6 Å². The van der Waals surface area contributed by atoms with E-state index in [1.54, 1.807) is 50.2 Å². The number of benzene rings is 3. The number of hydrogen-bond donors (Lipinski definition) is 0. The van der Waals surface area contributed by atoms with Gasteiger partial charge in [-0.05, 0) is 60.6 Å². The van der Waals surface area contributed by atoms with E-state index < -0.39 is 23.3 Å². The summed E-state index contributed by atoms with van der Waals surface area (Å²) in [4.78, 5) is 0. The predicted octanol–water partition coefficient (Wildman–Crippen LogP) is 6.66. The van der Waals surface area contributed by atoms with Crippen molar-refractivity contribution in [2.75, 3.05) is 6.61 Å². The average Bonchev–Trinajstić information content (AvgIpc) is 2.73. The molecule has 152 valence electrons. The van der Waals surface area contributed by atoms with Crippen LogP contribution in [0.25, 0.3) is 11.1 Å². The molecular weight excluding hydrogens is 380 g/mol. The zero-order chi connectivity index (χ0) is 21.0. The van der Waals surface area contributed by atoms with E-state index in [2.05, 4.69) is 0 Å². The van der Waals surface area contributed by atoms with Gasteiger partial charge in [0.2, 0.25) is 5.82 Å². The molecule has 0 spiro atoms. The summed E-state index contributed by atoms with van der Waals surface area (Å²) in [6, 6.07) is 13.0. The number of halogens is 4. The Morgan fingerprint density at radius 3 is 1.97 bits per heavy atom. The zero-order valence-corrected chi connectivity index (χ0v) is 16.4. The Morgan fingerprint density at radius 1 is 0.655 bits per heavy atom. The van der Waals surface area contributed by atoms with Crippen LogP contribution in [-0.2, 0) is 19.3 Å². The van der Waals surface area contributed by atoms with Gasteiger partial charge >= 0.3 is 0 Å². The summed E-state index contributed by atoms with van der Waals surface area (Å²) < 4.78 is 61.6. The second-order valence-electron chi connectivity index (χ2n) is 6.73. The maximum atomic E-state index is 14.4. The normalized spacial score (nSPS) is 11.0. The smallest absolute Gasteiger partial charge is 0.201 e. The molecule has 3 aromatic rings. The monoisotopic (exact) mass is 402 g/mol. The summed E-state index contributed by atoms with van der Waals surface area (Å²) in [5, 5.41) is 0. The maximum absolute atomic E-state index is 14.4. The van der Waals surface area contributed by atoms with Crippen LogP contribution in [0, 0.1) is 23.3 Å². The summed E-state index contributed by atoms with van der Waals surface area (Å²) in [5.41, 5.74) is 2.24. The molecule has 0 saturated carbocycles. The molecule has 0 amide bonds. The molecule has 0 aliphatic carbocycles. The zero-order valence-electron chi connectivity index (χ0n) is 16.4. The third-order valence-electron chi connectivity index (χ3n) is 4.92. The molecule has 0 heterocycles. The van der Waals surface area contributed by atoms with Crippen molar-refractivity contribution in [3.05, 3.63) is 88.5 Å². The molecular formula is C24H22F4O. The molecule has 0 aliphatic rings. The third-order valence-corrected chi connectivity index (χ3v) is 4.92. The van der Waals surface area contributed by atoms with Crippen molar-refractivity contribution in [3.8, 4) is 16.9 Å². The summed E-state index contributed by atoms with van der Waals surface area (Å²) in [5.74, 6) is -3.67. The van der Waals surface area contributed by atoms with Crippen LogP contribution in [0.5, 0.6) is 5.75 Å². The van der Waals surface area contributed by atoms with Gasteiger partial charge in [-0.2, -0.15) is 4.39 Å². The van der Waals surface area contributed by atoms with Gasteiger partial charge < -0.3 is 4.74 Å². The fourth-order valence-electron chi connectivity index (χ4n) is 3.25. The van der Waals surface area contributed by atoms with Crippen molar-refractivity contribution >= 4 is 0 Å². The minimum Gasteiger partial charge on any atom is -0.491 e. The van der Waals surface area contributed by atoms with Gasteiger partial charge in [0, 0.05) is 5.56 Å². The van der Waals surface area contributed by atoms with Gasteiger partial charge in [-0.1, -0.05) is 43.3 Å². The van der Waals surface area contributed by atoms with Crippen LogP contribution >= 0.6 is 0 Å². The standard InChI is InChI=1S/C24H22F4O/c1-3-16-11-12-18(22(26)21(16)25)10-7-15-5-8-17(9-6-15)19-13-14-20(29-4-2)24(28)23(19)27/h5-6,8-9,11-14H,3-4,7,10H2,1-2H3. The van der Waals surface area contributed by atoms with Crippen molar-refractivity contribution in [2.45, 2.75) is 33.1 Å². The number of aryl methyl sites for hydroxylation is 3. The van der Waals surface area contributed by atoms with E-state index in [1.165, 1.54) is 12.1 Å². The summed E-state index contributed by atoms with van der Waals surface area (Å²) in [6.07, 6.45) is 1.29. The highest BCUT2D eigenvalue weighted by Gasteiger charge is 2.16. The predicted molar refractivity (Wildman–Crippen MR) is 106 cm³/mol. The van der Waals surface area contributed by atoms with E-state index >= 15 is 0 Å². The molecule has 0 aliphatic heterocycles. The van der Waals surface area contributed by atoms with Gasteiger partial charge in [0.15, 0.2) is 23.2 Å². The molecule has 5 heteroatoms. The molecule has 0 bridgehead atoms. The highest BCUT2D eigenvalue weighted by molar-refractivity contribution is 5.65. The highest BCUT2D eigenvalue weighted by atomic mass is 19.2. The van der Waals surface area contributed by atoms with Crippen molar-refractivity contribution in [1.29, 1.82) is 0 Å². The molecule has 3 rings (SSSR count). The van der Waals surface area contributed by atoms with E-state index in [1.807, 2.05) is 0 Å². The first-order chi connectivity index (χ1) is 14.0. The van der Waals surface area contributed by atoms with Gasteiger partial charge in [0.1, 0.15) is 0 Å². The van der Waals surface area contributed by atoms with E-state index in [-0.39, 0.29) is 17.9 Å². The number of rotatable bonds is 7. The van der Waals surface area contributed by atoms with Crippen molar-refractivity contribution in [1.82, 2.24) is 0 Å². The molecule has 0 radical (unpaired) electrons. The largest absolute Gasteiger partial charge is 0.491 e. The first kappa shape index (κ1) is 20.9. The Balaban J connectivity index is 1.75. The minimum atomic E-state index is -1.01. The second-order valence-corrected chi connectivity index (χ2v) is 6.73. The van der Waals surface area contributed by atoms with Crippen LogP contribution < -0.4 is 4.74 Å². The quantitative estimate of drug-likeness (QED) is 0.402. The topological polar surface area (TPSA) is 9.23 Å². The van der Waals surface area contributed by atoms with Crippen LogP contribution in [0.3, 0.4) is 0 Å². The van der Waals surface area contributed by atoms with Gasteiger partial charge in [0.25, 0.3) is 0 Å². The summed E-state index contributed by atoms with van der Waals surface area (Å²) >= 11 is 0. The summed E-state index contributed by atoms with van der Waals surface area (Å²) in [7, 11) is 0. The molecule has 0 N–H and O–H groups in total. The molecule has 29 heavy (non-hydrogen) atoms. The molecule has 3 aromatic carbocycles. The van der Waals surface area contributed by atoms with E-state index in [0.717, 1.165) is 5.56 Å². The van der Waals surface area contributed by atoms with Gasteiger partial charge in [-0.25, -0.2) is 13.2 Å². The Morgan fingerprint density at radius 2 is 1.31 bits per heavy atom. The van der Waals surface area contributed by atoms with E-state index in [0.29, 0.717) is 36.0 Å². The lowest BCUT2D eigenvalue weighted by atomic mass is 9.98. The molecule has 0 fully saturated rings. The van der Waals surface area contributed by atoms with Crippen molar-refractivity contribution < 1.29 is 22.3 Å². The molecule has 0 aromatic heterocycles. The Hall–Kier alpha value is -2.82. The Labute approximate surface area is 168 Å². The van der Waals surface area contributed by atoms with Crippen molar-refractivity contribution in [3.63, 3.8) is 0 Å². The Kier molecular flexibility index (Phi) is 6.57. The SMILES string of the molecule is CCOc1ccc(-c2ccc(CCc3ccc(CC)c(F)c3F)cc2)c(F)c1F. The molecule has 0 unspecified atom stereocenters. The van der Waals surface area contributed by atoms with Gasteiger partial charge in [-0.3, -0.25) is 0 Å². The van der Waals surface area contributed by atoms with Crippen LogP contribution in [0.2, 0.25) is 0 Å². The Bertz CT molecular complexity index is 997. The van der Waals surface area contributed by atoms with Crippen LogP contribution in [0.15, 0.2) is 48.5 Å². The lowest BCUT2D eigenvalue weighted by Crippen LogP contribution is -2.01. The average molecular weight is 402 g/mol. The minimum absolute atomic E-state index is 0.117. The lowest BCUT2D eigenvalue weighted by Gasteiger charge is -2.10. The molecule has 1 nitrogen and oxygen atoms in total. The van der Waals surface area contributed by atoms with E-state index in [4.69, 9.17) is 4.74 Å². The third kappa shape index (κ3) is 4.44. The molecule has 0 atom stereocenters. The van der Waals surface area contributed by atoms with Gasteiger partial charge in [-0.15, -0.1) is 0 Å². The first-order valence-corrected chi connectivity index (χ1v) is 9.62. The lowest BCUT2D eigenvalue weighted by molar-refractivity contribution is 0.314. The van der Waals surface area contributed by atoms with Crippen LogP contribution in [0.1, 0.15) is 30.5 Å². The number of ether oxygens (including phenoxy) is 1. The first-order valence-electron chi connectivity index (χ1n) is 9.62. The fourth-order valence-corrected chi connectivity index (χ4v) is 3.25. The maximum Gasteiger partial charge on any atom is 0.201 e. The summed E-state index contributed by atoms with van der Waals surface area (Å²) in [6.45, 7) is 3.72. The highest BCUT2D eigenvalue weighted by Crippen LogP contribution is 2.30. The van der Waals surface area contributed by atoms with Crippen LogP contribution in [-0.4, -0.2) is 6.61 Å². The molecule has 0 saturated heterocycles. The second kappa shape index (κ2) is 9.12. The fraction of sp³-hybridized carbons (Fsp3) is 0.250. The number of hydrogen-bond acceptors (Lipinski definition) is 1. The van der Waals surface area contributed by atoms with Crippen molar-refractivity contribution in [2.24, 2.45) is 0 Å².